The minimum Gasteiger partial charge on any atom is -0.682 e. The van der Waals surface area contributed by atoms with Crippen LogP contribution in [-0.4, -0.2) is 30.6 Å². The first-order valence-electron chi connectivity index (χ1n) is 5.50. The van der Waals surface area contributed by atoms with Gasteiger partial charge in [-0.3, -0.25) is 9.11 Å². The maximum atomic E-state index is 8.74. The van der Waals surface area contributed by atoms with Crippen LogP contribution in [0.4, 0.5) is 11.4 Å². The fraction of sp³-hybridized carbons (Fsp3) is 0.167. The molecular weight excluding hydrogens is 334 g/mol. The van der Waals surface area contributed by atoms with Gasteiger partial charge in [0.25, 0.3) is 0 Å². The molecule has 1 aromatic carbocycles. The van der Waals surface area contributed by atoms with Crippen molar-refractivity contribution < 1.29 is 37.0 Å². The summed E-state index contributed by atoms with van der Waals surface area (Å²) in [5, 5.41) is 8.98. The quantitative estimate of drug-likeness (QED) is 0.557. The van der Waals surface area contributed by atoms with E-state index in [1.54, 1.807) is 0 Å². The molecule has 0 bridgehead atoms. The molecule has 0 unspecified atom stereocenters. The molecule has 0 aliphatic carbocycles. The summed E-state index contributed by atoms with van der Waals surface area (Å²) in [6, 6.07) is 4.22. The molecule has 0 amide bonds. The van der Waals surface area contributed by atoms with Crippen molar-refractivity contribution in [2.24, 2.45) is 0 Å². The van der Waals surface area contributed by atoms with Crippen molar-refractivity contribution in [2.75, 3.05) is 13.1 Å². The summed E-state index contributed by atoms with van der Waals surface area (Å²) in [7, 11) is -4.67. The maximum Gasteiger partial charge on any atom is 2.00 e. The van der Waals surface area contributed by atoms with Crippen LogP contribution in [0.15, 0.2) is 24.3 Å². The summed E-state index contributed by atoms with van der Waals surface area (Å²) in [6.07, 6.45) is 8.40. The summed E-state index contributed by atoms with van der Waals surface area (Å²) in [5.74, 6) is 0. The van der Waals surface area contributed by atoms with Gasteiger partial charge in [-0.1, -0.05) is 24.3 Å². The topological polar surface area (TPSA) is 103 Å². The number of nitrogens with zero attached hydrogens (tertiary/aromatic N) is 2. The Morgan fingerprint density at radius 2 is 1.25 bits per heavy atom. The number of fused-ring (bicyclic) bond motifs is 3. The van der Waals surface area contributed by atoms with E-state index in [2.05, 4.69) is 47.1 Å². The molecule has 0 fully saturated rings. The Bertz CT molecular complexity index is 592. The summed E-state index contributed by atoms with van der Waals surface area (Å²) in [6.45, 7) is 1.56. The molecule has 2 aliphatic rings. The standard InChI is InChI=1S/C12H10N2.H2O4S.Zn/c1-3-9-5-6-10-4-2-8-14-12(10)11(9)13-7-1;1-5(2,3)4;/h1-6H,7-8H2;(H2,1,2,3,4);/q-2;;+2. The summed E-state index contributed by atoms with van der Waals surface area (Å²) in [5.41, 5.74) is 4.51. The van der Waals surface area contributed by atoms with Crippen molar-refractivity contribution in [2.45, 2.75) is 0 Å². The molecule has 0 saturated carbocycles. The van der Waals surface area contributed by atoms with Crippen molar-refractivity contribution in [3.63, 3.8) is 0 Å². The van der Waals surface area contributed by atoms with Crippen molar-refractivity contribution >= 4 is 33.9 Å². The third-order valence-corrected chi connectivity index (χ3v) is 2.52. The Balaban J connectivity index is 0.000000293. The van der Waals surface area contributed by atoms with Crippen LogP contribution in [0.5, 0.6) is 0 Å². The molecule has 0 radical (unpaired) electrons. The second-order valence-corrected chi connectivity index (χ2v) is 4.77. The predicted octanol–water partition coefficient (Wildman–Crippen LogP) is 3.10. The van der Waals surface area contributed by atoms with Crippen LogP contribution in [0.1, 0.15) is 11.1 Å². The van der Waals surface area contributed by atoms with Gasteiger partial charge in [0.05, 0.1) is 0 Å². The van der Waals surface area contributed by atoms with Gasteiger partial charge >= 0.3 is 29.9 Å². The van der Waals surface area contributed by atoms with E-state index < -0.39 is 10.4 Å². The smallest absolute Gasteiger partial charge is 0.682 e. The third-order valence-electron chi connectivity index (χ3n) is 2.52. The molecule has 20 heavy (non-hydrogen) atoms. The van der Waals surface area contributed by atoms with Gasteiger partial charge in [0.2, 0.25) is 0 Å². The zero-order valence-corrected chi connectivity index (χ0v) is 14.4. The molecule has 2 heterocycles. The second-order valence-electron chi connectivity index (χ2n) is 3.88. The zero-order chi connectivity index (χ0) is 13.9. The van der Waals surface area contributed by atoms with Gasteiger partial charge in [-0.15, -0.1) is 36.6 Å². The van der Waals surface area contributed by atoms with Crippen LogP contribution in [0, 0.1) is 0 Å². The van der Waals surface area contributed by atoms with E-state index in [9.17, 15) is 0 Å². The summed E-state index contributed by atoms with van der Waals surface area (Å²) < 4.78 is 31.6. The van der Waals surface area contributed by atoms with E-state index in [0.717, 1.165) is 24.5 Å². The molecule has 0 saturated heterocycles. The first kappa shape index (κ1) is 16.8. The second kappa shape index (κ2) is 6.99. The molecule has 2 aliphatic heterocycles. The first-order valence-corrected chi connectivity index (χ1v) is 6.90. The maximum absolute atomic E-state index is 8.74. The summed E-state index contributed by atoms with van der Waals surface area (Å²) >= 11 is 0. The van der Waals surface area contributed by atoms with E-state index in [4.69, 9.17) is 17.5 Å². The van der Waals surface area contributed by atoms with E-state index in [1.807, 2.05) is 0 Å². The van der Waals surface area contributed by atoms with Crippen LogP contribution in [0.3, 0.4) is 0 Å². The number of hydrogen-bond donors (Lipinski definition) is 2. The van der Waals surface area contributed by atoms with Gasteiger partial charge in [-0.2, -0.15) is 8.42 Å². The van der Waals surface area contributed by atoms with Crippen LogP contribution < -0.4 is 0 Å². The molecule has 8 heteroatoms. The minimum absolute atomic E-state index is 0. The number of hydrogen-bond acceptors (Lipinski definition) is 2. The fourth-order valence-electron chi connectivity index (χ4n) is 1.86. The van der Waals surface area contributed by atoms with Crippen molar-refractivity contribution in [1.82, 2.24) is 0 Å². The van der Waals surface area contributed by atoms with Crippen LogP contribution >= 0.6 is 0 Å². The van der Waals surface area contributed by atoms with Gasteiger partial charge in [0.1, 0.15) is 0 Å². The third kappa shape index (κ3) is 4.72. The normalized spacial score (nSPS) is 14.5. The zero-order valence-electron chi connectivity index (χ0n) is 10.6. The van der Waals surface area contributed by atoms with Crippen molar-refractivity contribution in [1.29, 1.82) is 0 Å². The van der Waals surface area contributed by atoms with E-state index in [0.29, 0.717) is 0 Å². The minimum atomic E-state index is -4.67. The van der Waals surface area contributed by atoms with Crippen molar-refractivity contribution in [3.05, 3.63) is 46.0 Å². The molecule has 102 valence electrons. The van der Waals surface area contributed by atoms with Gasteiger partial charge in [0.15, 0.2) is 0 Å². The van der Waals surface area contributed by atoms with Crippen LogP contribution in [0.2, 0.25) is 0 Å². The van der Waals surface area contributed by atoms with E-state index in [1.165, 1.54) is 11.1 Å². The Kier molecular flexibility index (Phi) is 5.89. The average Bonchev–Trinajstić information content (AvgIpc) is 2.37. The van der Waals surface area contributed by atoms with Crippen LogP contribution in [0.25, 0.3) is 22.8 Å². The first-order chi connectivity index (χ1) is 8.95. The van der Waals surface area contributed by atoms with Gasteiger partial charge in [-0.05, 0) is 11.1 Å². The molecule has 0 atom stereocenters. The average molecular weight is 346 g/mol. The van der Waals surface area contributed by atoms with Gasteiger partial charge in [0, 0.05) is 0 Å². The van der Waals surface area contributed by atoms with Gasteiger partial charge < -0.3 is 10.6 Å². The summed E-state index contributed by atoms with van der Waals surface area (Å²) in [4.78, 5) is 0. The fourth-order valence-corrected chi connectivity index (χ4v) is 1.86. The monoisotopic (exact) mass is 344 g/mol. The Morgan fingerprint density at radius 3 is 1.60 bits per heavy atom. The SMILES string of the molecule is C1=Cc2ccc3c(c2[N-]C1)[N-]CC=C3.O=S(=O)(O)O.[Zn+2]. The van der Waals surface area contributed by atoms with Crippen LogP contribution in [-0.2, 0) is 29.9 Å². The predicted molar refractivity (Wildman–Crippen MR) is 74.5 cm³/mol. The van der Waals surface area contributed by atoms with Gasteiger partial charge in [-0.25, -0.2) is 0 Å². The number of rotatable bonds is 0. The molecule has 1 aromatic rings. The Labute approximate surface area is 130 Å². The molecule has 2 N–H and O–H groups in total. The molecular formula is C12H12N2O4SZn. The Morgan fingerprint density at radius 1 is 0.900 bits per heavy atom. The van der Waals surface area contributed by atoms with Crippen molar-refractivity contribution in [3.8, 4) is 0 Å². The molecule has 0 aromatic heterocycles. The largest absolute Gasteiger partial charge is 2.00 e. The van der Waals surface area contributed by atoms with E-state index >= 15 is 0 Å². The molecule has 6 nitrogen and oxygen atoms in total. The molecule has 0 spiro atoms. The molecule has 3 rings (SSSR count). The number of benzene rings is 1. The van der Waals surface area contributed by atoms with E-state index in [-0.39, 0.29) is 19.5 Å². The Hall–Kier alpha value is -1.21.